The number of methoxy groups -OCH3 is 2. The molecule has 1 amide bonds. The van der Waals surface area contributed by atoms with Crippen LogP contribution in [0.3, 0.4) is 0 Å². The zero-order chi connectivity index (χ0) is 22.0. The zero-order valence-electron chi connectivity index (χ0n) is 18.0. The highest BCUT2D eigenvalue weighted by Gasteiger charge is 2.20. The maximum atomic E-state index is 13.1. The van der Waals surface area contributed by atoms with Crippen molar-refractivity contribution < 1.29 is 14.3 Å². The van der Waals surface area contributed by atoms with Gasteiger partial charge in [0, 0.05) is 19.3 Å². The third-order valence-corrected chi connectivity index (χ3v) is 5.16. The number of hydrogen-bond acceptors (Lipinski definition) is 5. The van der Waals surface area contributed by atoms with E-state index < -0.39 is 0 Å². The van der Waals surface area contributed by atoms with Crippen LogP contribution < -0.4 is 9.47 Å². The fourth-order valence-electron chi connectivity index (χ4n) is 3.26. The van der Waals surface area contributed by atoms with Gasteiger partial charge in [0.25, 0.3) is 5.91 Å². The molecule has 0 bridgehead atoms. The molecule has 0 radical (unpaired) electrons. The quantitative estimate of drug-likeness (QED) is 0.590. The Labute approximate surface area is 181 Å². The number of hydrogen-bond donors (Lipinski definition) is 0. The van der Waals surface area contributed by atoms with E-state index in [1.165, 1.54) is 0 Å². The van der Waals surface area contributed by atoms with Crippen LogP contribution >= 0.6 is 11.6 Å². The van der Waals surface area contributed by atoms with Crippen LogP contribution in [0.15, 0.2) is 30.3 Å². The first-order valence-corrected chi connectivity index (χ1v) is 9.80. The number of aromatic nitrogens is 3. The Morgan fingerprint density at radius 3 is 2.37 bits per heavy atom. The number of halogens is 1. The van der Waals surface area contributed by atoms with Crippen molar-refractivity contribution in [2.24, 2.45) is 0 Å². The third kappa shape index (κ3) is 4.26. The summed E-state index contributed by atoms with van der Waals surface area (Å²) in [5.74, 6) is 1.53. The average Bonchev–Trinajstić information content (AvgIpc) is 3.06. The number of benzene rings is 1. The lowest BCUT2D eigenvalue weighted by Gasteiger charge is -2.20. The molecular weight excluding hydrogens is 404 g/mol. The minimum Gasteiger partial charge on any atom is -0.493 e. The van der Waals surface area contributed by atoms with Crippen molar-refractivity contribution in [2.75, 3.05) is 21.3 Å². The summed E-state index contributed by atoms with van der Waals surface area (Å²) < 4.78 is 12.4. The van der Waals surface area contributed by atoms with Crippen LogP contribution in [0.25, 0.3) is 5.82 Å². The second-order valence-electron chi connectivity index (χ2n) is 7.13. The summed E-state index contributed by atoms with van der Waals surface area (Å²) in [4.78, 5) is 19.2. The second kappa shape index (κ2) is 8.75. The Bertz CT molecular complexity index is 1090. The summed E-state index contributed by atoms with van der Waals surface area (Å²) in [6.07, 6.45) is 0. The molecule has 0 aliphatic heterocycles. The highest BCUT2D eigenvalue weighted by molar-refractivity contribution is 6.33. The van der Waals surface area contributed by atoms with Crippen LogP contribution in [-0.4, -0.2) is 46.8 Å². The van der Waals surface area contributed by atoms with Gasteiger partial charge in [-0.2, -0.15) is 5.10 Å². The van der Waals surface area contributed by atoms with Crippen molar-refractivity contribution in [2.45, 2.75) is 27.3 Å². The van der Waals surface area contributed by atoms with Crippen molar-refractivity contribution in [3.63, 3.8) is 0 Å². The Morgan fingerprint density at radius 2 is 1.77 bits per heavy atom. The molecule has 158 valence electrons. The van der Waals surface area contributed by atoms with E-state index in [9.17, 15) is 4.79 Å². The smallest absolute Gasteiger partial charge is 0.274 e. The Morgan fingerprint density at radius 1 is 1.10 bits per heavy atom. The van der Waals surface area contributed by atoms with E-state index >= 15 is 0 Å². The lowest BCUT2D eigenvalue weighted by molar-refractivity contribution is 0.0779. The van der Waals surface area contributed by atoms with Crippen LogP contribution in [0, 0.1) is 20.8 Å². The first kappa shape index (κ1) is 21.6. The highest BCUT2D eigenvalue weighted by atomic mass is 35.5. The highest BCUT2D eigenvalue weighted by Crippen LogP contribution is 2.31. The topological polar surface area (TPSA) is 69.5 Å². The lowest BCUT2D eigenvalue weighted by atomic mass is 10.1. The number of ether oxygens (including phenoxy) is 2. The molecule has 3 aromatic rings. The van der Waals surface area contributed by atoms with E-state index in [1.54, 1.807) is 43.0 Å². The maximum Gasteiger partial charge on any atom is 0.274 e. The average molecular weight is 429 g/mol. The van der Waals surface area contributed by atoms with E-state index in [2.05, 4.69) is 10.1 Å². The first-order chi connectivity index (χ1) is 14.2. The molecule has 0 aliphatic rings. The molecular formula is C22H25ClN4O3. The predicted octanol–water partition coefficient (Wildman–Crippen LogP) is 4.14. The maximum absolute atomic E-state index is 13.1. The summed E-state index contributed by atoms with van der Waals surface area (Å²) >= 11 is 6.31. The summed E-state index contributed by atoms with van der Waals surface area (Å²) in [6, 6.07) is 9.13. The van der Waals surface area contributed by atoms with Gasteiger partial charge in [-0.25, -0.2) is 9.67 Å². The van der Waals surface area contributed by atoms with Gasteiger partial charge in [0.15, 0.2) is 17.3 Å². The van der Waals surface area contributed by atoms with Gasteiger partial charge in [0.05, 0.1) is 24.9 Å². The Balaban J connectivity index is 1.90. The molecule has 0 saturated carbocycles. The van der Waals surface area contributed by atoms with Crippen molar-refractivity contribution in [1.29, 1.82) is 0 Å². The van der Waals surface area contributed by atoms with Crippen LogP contribution in [0.2, 0.25) is 5.02 Å². The summed E-state index contributed by atoms with van der Waals surface area (Å²) in [5, 5.41) is 4.72. The van der Waals surface area contributed by atoms with Gasteiger partial charge in [-0.3, -0.25) is 4.79 Å². The van der Waals surface area contributed by atoms with Gasteiger partial charge in [-0.15, -0.1) is 0 Å². The fraction of sp³-hybridized carbons (Fsp3) is 0.318. The minimum absolute atomic E-state index is 0.183. The Kier molecular flexibility index (Phi) is 6.31. The van der Waals surface area contributed by atoms with Gasteiger partial charge in [-0.1, -0.05) is 11.6 Å². The number of rotatable bonds is 6. The molecule has 0 spiro atoms. The predicted molar refractivity (Wildman–Crippen MR) is 116 cm³/mol. The van der Waals surface area contributed by atoms with Gasteiger partial charge < -0.3 is 14.4 Å². The first-order valence-electron chi connectivity index (χ1n) is 9.42. The number of aryl methyl sites for hydroxylation is 3. The third-order valence-electron chi connectivity index (χ3n) is 4.86. The molecule has 30 heavy (non-hydrogen) atoms. The number of carbonyl (C=O) groups is 1. The van der Waals surface area contributed by atoms with Crippen molar-refractivity contribution in [3.8, 4) is 17.3 Å². The molecule has 0 saturated heterocycles. The monoisotopic (exact) mass is 428 g/mol. The number of carbonyl (C=O) groups excluding carboxylic acids is 1. The summed E-state index contributed by atoms with van der Waals surface area (Å²) in [7, 11) is 4.89. The van der Waals surface area contributed by atoms with E-state index in [0.29, 0.717) is 28.9 Å². The van der Waals surface area contributed by atoms with Gasteiger partial charge in [0.1, 0.15) is 5.69 Å². The molecule has 0 atom stereocenters. The van der Waals surface area contributed by atoms with Crippen LogP contribution in [0.4, 0.5) is 0 Å². The standard InChI is InChI=1S/C22H25ClN4O3/c1-13-9-18(29-5)19(30-6)11-16(13)12-26(4)22(28)21-17(23)7-8-20(24-21)27-15(3)10-14(2)25-27/h7-11H,12H2,1-6H3. The van der Waals surface area contributed by atoms with Gasteiger partial charge >= 0.3 is 0 Å². The number of amides is 1. The largest absolute Gasteiger partial charge is 0.493 e. The van der Waals surface area contributed by atoms with Crippen LogP contribution in [0.5, 0.6) is 11.5 Å². The SMILES string of the molecule is COc1cc(C)c(CN(C)C(=O)c2nc(-n3nc(C)cc3C)ccc2Cl)cc1OC. The van der Waals surface area contributed by atoms with E-state index in [4.69, 9.17) is 21.1 Å². The fourth-order valence-corrected chi connectivity index (χ4v) is 3.45. The molecule has 8 heteroatoms. The Hall–Kier alpha value is -3.06. The molecule has 1 aromatic carbocycles. The van der Waals surface area contributed by atoms with E-state index in [1.807, 2.05) is 39.0 Å². The van der Waals surface area contributed by atoms with E-state index in [0.717, 1.165) is 22.5 Å². The molecule has 0 fully saturated rings. The van der Waals surface area contributed by atoms with Gasteiger partial charge in [-0.05, 0) is 62.2 Å². The van der Waals surface area contributed by atoms with Crippen LogP contribution in [-0.2, 0) is 6.54 Å². The van der Waals surface area contributed by atoms with Crippen molar-refractivity contribution >= 4 is 17.5 Å². The molecule has 0 unspecified atom stereocenters. The molecule has 2 aromatic heterocycles. The summed E-state index contributed by atoms with van der Waals surface area (Å²) in [6.45, 7) is 6.17. The van der Waals surface area contributed by atoms with E-state index in [-0.39, 0.29) is 11.6 Å². The lowest BCUT2D eigenvalue weighted by Crippen LogP contribution is -2.28. The zero-order valence-corrected chi connectivity index (χ0v) is 18.7. The molecule has 7 nitrogen and oxygen atoms in total. The van der Waals surface area contributed by atoms with Crippen molar-refractivity contribution in [1.82, 2.24) is 19.7 Å². The molecule has 2 heterocycles. The summed E-state index contributed by atoms with van der Waals surface area (Å²) in [5.41, 5.74) is 3.91. The number of nitrogens with zero attached hydrogens (tertiary/aromatic N) is 4. The minimum atomic E-state index is -0.280. The molecule has 3 rings (SSSR count). The van der Waals surface area contributed by atoms with Gasteiger partial charge in [0.2, 0.25) is 0 Å². The second-order valence-corrected chi connectivity index (χ2v) is 7.54. The number of pyridine rings is 1. The molecule has 0 aliphatic carbocycles. The normalized spacial score (nSPS) is 10.8. The van der Waals surface area contributed by atoms with Crippen molar-refractivity contribution in [3.05, 3.63) is 63.6 Å². The van der Waals surface area contributed by atoms with Crippen LogP contribution in [0.1, 0.15) is 33.0 Å². The molecule has 0 N–H and O–H groups in total.